The van der Waals surface area contributed by atoms with Crippen molar-refractivity contribution in [2.45, 2.75) is 36.7 Å². The van der Waals surface area contributed by atoms with Gasteiger partial charge in [0.25, 0.3) is 0 Å². The zero-order valence-electron chi connectivity index (χ0n) is 17.2. The average Bonchev–Trinajstić information content (AvgIpc) is 2.75. The van der Waals surface area contributed by atoms with E-state index in [9.17, 15) is 18.0 Å². The van der Waals surface area contributed by atoms with E-state index in [4.69, 9.17) is 28.3 Å². The van der Waals surface area contributed by atoms with Gasteiger partial charge in [0, 0.05) is 12.2 Å². The molecule has 1 heterocycles. The second-order valence-electron chi connectivity index (χ2n) is 7.57. The van der Waals surface area contributed by atoms with E-state index >= 15 is 0 Å². The van der Waals surface area contributed by atoms with Gasteiger partial charge in [0.15, 0.2) is 0 Å². The third-order valence-corrected chi connectivity index (χ3v) is 6.86. The summed E-state index contributed by atoms with van der Waals surface area (Å²) in [5, 5.41) is 11.5. The average molecular weight is 499 g/mol. The van der Waals surface area contributed by atoms with E-state index in [0.717, 1.165) is 18.4 Å². The molecule has 0 aromatic heterocycles. The summed E-state index contributed by atoms with van der Waals surface area (Å²) in [5.74, 6) is -0.427. The van der Waals surface area contributed by atoms with Gasteiger partial charge in [0.1, 0.15) is 0 Å². The lowest BCUT2D eigenvalue weighted by Gasteiger charge is -2.34. The molecule has 3 rings (SSSR count). The first kappa shape index (κ1) is 24.5. The highest BCUT2D eigenvalue weighted by molar-refractivity contribution is 7.89. The summed E-state index contributed by atoms with van der Waals surface area (Å²) in [6.07, 6.45) is 2.45. The number of nitrogens with two attached hydrogens (primary N) is 1. The van der Waals surface area contributed by atoms with Gasteiger partial charge in [0.05, 0.1) is 27.5 Å². The van der Waals surface area contributed by atoms with E-state index in [1.807, 2.05) is 4.90 Å². The van der Waals surface area contributed by atoms with Gasteiger partial charge in [0.2, 0.25) is 21.8 Å². The number of primary sulfonamides is 1. The number of sulfonamides is 1. The van der Waals surface area contributed by atoms with Crippen molar-refractivity contribution < 1.29 is 18.0 Å². The molecule has 0 saturated carbocycles. The largest absolute Gasteiger partial charge is 0.351 e. The molecule has 2 aromatic rings. The second-order valence-corrected chi connectivity index (χ2v) is 9.94. The maximum atomic E-state index is 12.8. The molecule has 0 radical (unpaired) electrons. The Bertz CT molecular complexity index is 1090. The van der Waals surface area contributed by atoms with Crippen molar-refractivity contribution in [1.82, 2.24) is 10.2 Å². The van der Waals surface area contributed by atoms with Crippen molar-refractivity contribution >= 4 is 50.7 Å². The maximum Gasteiger partial charge on any atom is 0.241 e. The number of piperidine rings is 1. The van der Waals surface area contributed by atoms with Gasteiger partial charge < -0.3 is 10.6 Å². The molecule has 1 fully saturated rings. The van der Waals surface area contributed by atoms with Crippen LogP contribution in [0.4, 0.5) is 5.69 Å². The molecule has 4 N–H and O–H groups in total. The minimum Gasteiger partial charge on any atom is -0.351 e. The SMILES string of the molecule is NS(=O)(=O)c1ccc(CNC(=O)CN2CCCC[C@@H]2C(=O)Nc2ccc(Cl)c(Cl)c2)cc1. The van der Waals surface area contributed by atoms with Crippen LogP contribution >= 0.6 is 23.2 Å². The van der Waals surface area contributed by atoms with Gasteiger partial charge in [-0.1, -0.05) is 41.8 Å². The Kier molecular flexibility index (Phi) is 8.13. The first-order chi connectivity index (χ1) is 15.1. The van der Waals surface area contributed by atoms with E-state index in [1.54, 1.807) is 30.3 Å². The molecule has 1 aliphatic heterocycles. The maximum absolute atomic E-state index is 12.8. The fourth-order valence-corrected chi connectivity index (χ4v) is 4.33. The Hall–Kier alpha value is -2.17. The standard InChI is InChI=1S/C21H24Cl2N4O4S/c22-17-9-6-15(11-18(17)23)26-21(29)19-3-1-2-10-27(19)13-20(28)25-12-14-4-7-16(8-5-14)32(24,30)31/h4-9,11,19H,1-3,10,12-13H2,(H,25,28)(H,26,29)(H2,24,30,31)/t19-/m1/s1. The van der Waals surface area contributed by atoms with Crippen LogP contribution in [-0.4, -0.2) is 44.3 Å². The Morgan fingerprint density at radius 1 is 1.06 bits per heavy atom. The van der Waals surface area contributed by atoms with Crippen molar-refractivity contribution in [3.8, 4) is 0 Å². The van der Waals surface area contributed by atoms with Crippen LogP contribution in [0.15, 0.2) is 47.4 Å². The quantitative estimate of drug-likeness (QED) is 0.541. The lowest BCUT2D eigenvalue weighted by molar-refractivity contribution is -0.127. The smallest absolute Gasteiger partial charge is 0.241 e. The number of carbonyl (C=O) groups excluding carboxylic acids is 2. The molecule has 11 heteroatoms. The third kappa shape index (κ3) is 6.66. The summed E-state index contributed by atoms with van der Waals surface area (Å²) >= 11 is 11.9. The van der Waals surface area contributed by atoms with Gasteiger partial charge in [-0.05, 0) is 55.3 Å². The summed E-state index contributed by atoms with van der Waals surface area (Å²) in [4.78, 5) is 27.2. The van der Waals surface area contributed by atoms with Crippen LogP contribution < -0.4 is 15.8 Å². The monoisotopic (exact) mass is 498 g/mol. The summed E-state index contributed by atoms with van der Waals surface area (Å²) in [7, 11) is -3.76. The number of carbonyl (C=O) groups is 2. The van der Waals surface area contributed by atoms with Gasteiger partial charge in [-0.3, -0.25) is 14.5 Å². The predicted octanol–water partition coefficient (Wildman–Crippen LogP) is 2.75. The van der Waals surface area contributed by atoms with E-state index in [1.165, 1.54) is 12.1 Å². The summed E-state index contributed by atoms with van der Waals surface area (Å²) in [5.41, 5.74) is 1.28. The second kappa shape index (κ2) is 10.6. The minimum absolute atomic E-state index is 0.0109. The molecule has 0 aliphatic carbocycles. The van der Waals surface area contributed by atoms with E-state index in [2.05, 4.69) is 10.6 Å². The molecular formula is C21H24Cl2N4O4S. The zero-order chi connectivity index (χ0) is 23.3. The number of halogens is 2. The van der Waals surface area contributed by atoms with Crippen molar-refractivity contribution in [1.29, 1.82) is 0 Å². The fraction of sp³-hybridized carbons (Fsp3) is 0.333. The van der Waals surface area contributed by atoms with Crippen LogP contribution in [0.5, 0.6) is 0 Å². The molecule has 172 valence electrons. The van der Waals surface area contributed by atoms with E-state index < -0.39 is 16.1 Å². The number of anilines is 1. The number of nitrogens with zero attached hydrogens (tertiary/aromatic N) is 1. The molecule has 1 atom stereocenters. The molecule has 2 amide bonds. The van der Waals surface area contributed by atoms with Gasteiger partial charge in [-0.15, -0.1) is 0 Å². The highest BCUT2D eigenvalue weighted by Gasteiger charge is 2.30. The predicted molar refractivity (Wildman–Crippen MR) is 124 cm³/mol. The highest BCUT2D eigenvalue weighted by atomic mass is 35.5. The Labute approximate surface area is 197 Å². The Morgan fingerprint density at radius 2 is 1.78 bits per heavy atom. The highest BCUT2D eigenvalue weighted by Crippen LogP contribution is 2.26. The van der Waals surface area contributed by atoms with Gasteiger partial charge in [-0.2, -0.15) is 0 Å². The number of nitrogens with one attached hydrogen (secondary N) is 2. The number of hydrogen-bond acceptors (Lipinski definition) is 5. The number of amides is 2. The zero-order valence-corrected chi connectivity index (χ0v) is 19.5. The van der Waals surface area contributed by atoms with Gasteiger partial charge >= 0.3 is 0 Å². The normalized spacial score (nSPS) is 17.0. The molecule has 1 aliphatic rings. The molecule has 32 heavy (non-hydrogen) atoms. The molecule has 0 spiro atoms. The topological polar surface area (TPSA) is 122 Å². The van der Waals surface area contributed by atoms with Crippen molar-refractivity contribution in [2.75, 3.05) is 18.4 Å². The van der Waals surface area contributed by atoms with E-state index in [0.29, 0.717) is 28.7 Å². The number of benzene rings is 2. The van der Waals surface area contributed by atoms with Crippen molar-refractivity contribution in [2.24, 2.45) is 5.14 Å². The number of likely N-dealkylation sites (tertiary alicyclic amines) is 1. The first-order valence-corrected chi connectivity index (χ1v) is 12.3. The first-order valence-electron chi connectivity index (χ1n) is 10.0. The van der Waals surface area contributed by atoms with E-state index in [-0.39, 0.29) is 29.8 Å². The molecular weight excluding hydrogens is 475 g/mol. The van der Waals surface area contributed by atoms with Crippen molar-refractivity contribution in [3.63, 3.8) is 0 Å². The summed E-state index contributed by atoms with van der Waals surface area (Å²) in [6.45, 7) is 0.947. The Morgan fingerprint density at radius 3 is 2.44 bits per heavy atom. The molecule has 2 aromatic carbocycles. The van der Waals surface area contributed by atoms with Crippen molar-refractivity contribution in [3.05, 3.63) is 58.1 Å². The lowest BCUT2D eigenvalue weighted by Crippen LogP contribution is -2.50. The molecule has 0 unspecified atom stereocenters. The number of rotatable bonds is 7. The van der Waals surface area contributed by atoms with Crippen LogP contribution in [0.25, 0.3) is 0 Å². The van der Waals surface area contributed by atoms with Crippen LogP contribution in [0, 0.1) is 0 Å². The van der Waals surface area contributed by atoms with Crippen LogP contribution in [0.1, 0.15) is 24.8 Å². The lowest BCUT2D eigenvalue weighted by atomic mass is 10.0. The fourth-order valence-electron chi connectivity index (χ4n) is 3.51. The molecule has 8 nitrogen and oxygen atoms in total. The Balaban J connectivity index is 1.56. The third-order valence-electron chi connectivity index (χ3n) is 5.19. The van der Waals surface area contributed by atoms with Crippen LogP contribution in [0.2, 0.25) is 10.0 Å². The summed E-state index contributed by atoms with van der Waals surface area (Å²) in [6, 6.07) is 10.4. The minimum atomic E-state index is -3.76. The molecule has 0 bridgehead atoms. The summed E-state index contributed by atoms with van der Waals surface area (Å²) < 4.78 is 22.6. The van der Waals surface area contributed by atoms with Crippen LogP contribution in [-0.2, 0) is 26.2 Å². The van der Waals surface area contributed by atoms with Crippen LogP contribution in [0.3, 0.4) is 0 Å². The molecule has 1 saturated heterocycles. The number of hydrogen-bond donors (Lipinski definition) is 3. The van der Waals surface area contributed by atoms with Gasteiger partial charge in [-0.25, -0.2) is 13.6 Å².